The minimum Gasteiger partial charge on any atom is -0.481 e. The molecule has 5 aliphatic rings. The number of carbonyl (C=O) groups is 2. The molecule has 0 aromatic heterocycles. The summed E-state index contributed by atoms with van der Waals surface area (Å²) in [6.07, 6.45) is 6.24. The molecule has 5 rings (SSSR count). The van der Waals surface area contributed by atoms with Crippen LogP contribution in [0.2, 0.25) is 0 Å². The van der Waals surface area contributed by atoms with Crippen LogP contribution in [0.25, 0.3) is 0 Å². The maximum absolute atomic E-state index is 12.8. The zero-order chi connectivity index (χ0) is 25.9. The monoisotopic (exact) mass is 486 g/mol. The summed E-state index contributed by atoms with van der Waals surface area (Å²) in [5.41, 5.74) is -0.558. The first-order valence-electron chi connectivity index (χ1n) is 13.9. The lowest BCUT2D eigenvalue weighted by Gasteiger charge is -2.70. The lowest BCUT2D eigenvalue weighted by molar-refractivity contribution is -0.228. The van der Waals surface area contributed by atoms with Gasteiger partial charge < -0.3 is 15.3 Å². The number of aliphatic hydroxyl groups is 1. The van der Waals surface area contributed by atoms with Gasteiger partial charge in [0.1, 0.15) is 0 Å². The molecule has 0 amide bonds. The van der Waals surface area contributed by atoms with Crippen LogP contribution in [0.15, 0.2) is 12.2 Å². The lowest BCUT2D eigenvalue weighted by atomic mass is 9.34. The number of fused-ring (bicyclic) bond motifs is 7. The summed E-state index contributed by atoms with van der Waals surface area (Å²) in [5, 5.41) is 32.2. The van der Waals surface area contributed by atoms with E-state index in [1.807, 2.05) is 0 Å². The summed E-state index contributed by atoms with van der Waals surface area (Å²) in [6.45, 7) is 17.5. The minimum absolute atomic E-state index is 0.0493. The molecule has 5 heteroatoms. The Morgan fingerprint density at radius 2 is 1.49 bits per heavy atom. The lowest BCUT2D eigenvalue weighted by Crippen LogP contribution is -2.65. The summed E-state index contributed by atoms with van der Waals surface area (Å²) in [5.74, 6) is -1.21. The quantitative estimate of drug-likeness (QED) is 0.425. The molecule has 0 radical (unpaired) electrons. The van der Waals surface area contributed by atoms with E-state index in [1.54, 1.807) is 0 Å². The van der Waals surface area contributed by atoms with Crippen LogP contribution in [0.3, 0.4) is 0 Å². The van der Waals surface area contributed by atoms with Crippen LogP contribution in [-0.2, 0) is 9.59 Å². The van der Waals surface area contributed by atoms with Crippen LogP contribution in [0.5, 0.6) is 0 Å². The van der Waals surface area contributed by atoms with Gasteiger partial charge in [0.15, 0.2) is 0 Å². The number of rotatable bonds is 3. The topological polar surface area (TPSA) is 94.8 Å². The third kappa shape index (κ3) is 2.75. The molecule has 5 saturated carbocycles. The summed E-state index contributed by atoms with van der Waals surface area (Å²) < 4.78 is 0. The Kier molecular flexibility index (Phi) is 5.32. The van der Waals surface area contributed by atoms with Crippen molar-refractivity contribution in [2.24, 2.45) is 62.6 Å². The van der Waals surface area contributed by atoms with Gasteiger partial charge in [-0.2, -0.15) is 0 Å². The fraction of sp³-hybridized carbons (Fsp3) is 0.867. The summed E-state index contributed by atoms with van der Waals surface area (Å²) in [4.78, 5) is 25.4. The van der Waals surface area contributed by atoms with Crippen molar-refractivity contribution in [2.45, 2.75) is 99.0 Å². The van der Waals surface area contributed by atoms with Gasteiger partial charge in [-0.15, -0.1) is 0 Å². The summed E-state index contributed by atoms with van der Waals surface area (Å²) in [6, 6.07) is 0. The molecule has 0 aromatic carbocycles. The maximum Gasteiger partial charge on any atom is 0.309 e. The molecule has 5 fully saturated rings. The van der Waals surface area contributed by atoms with Crippen molar-refractivity contribution in [3.05, 3.63) is 12.2 Å². The molecule has 0 unspecified atom stereocenters. The number of carboxylic acid groups (broad SMARTS) is 2. The highest BCUT2D eigenvalue weighted by atomic mass is 16.4. The summed E-state index contributed by atoms with van der Waals surface area (Å²) >= 11 is 0. The number of aliphatic hydroxyl groups excluding tert-OH is 1. The minimum atomic E-state index is -0.862. The van der Waals surface area contributed by atoms with Gasteiger partial charge >= 0.3 is 11.9 Å². The van der Waals surface area contributed by atoms with E-state index in [2.05, 4.69) is 48.1 Å². The van der Waals surface area contributed by atoms with Crippen molar-refractivity contribution in [3.63, 3.8) is 0 Å². The molecule has 0 bridgehead atoms. The molecule has 0 spiro atoms. The highest BCUT2D eigenvalue weighted by Crippen LogP contribution is 2.79. The van der Waals surface area contributed by atoms with E-state index in [0.717, 1.165) is 50.5 Å². The molecule has 11 atom stereocenters. The van der Waals surface area contributed by atoms with Crippen LogP contribution in [0.4, 0.5) is 0 Å². The zero-order valence-electron chi connectivity index (χ0n) is 22.6. The van der Waals surface area contributed by atoms with E-state index in [4.69, 9.17) is 0 Å². The fourth-order valence-electron chi connectivity index (χ4n) is 11.8. The van der Waals surface area contributed by atoms with Gasteiger partial charge in [0.05, 0.1) is 17.4 Å². The second-order valence-corrected chi connectivity index (χ2v) is 14.6. The highest BCUT2D eigenvalue weighted by molar-refractivity contribution is 5.76. The van der Waals surface area contributed by atoms with Gasteiger partial charge in [0.2, 0.25) is 0 Å². The van der Waals surface area contributed by atoms with E-state index in [9.17, 15) is 24.9 Å². The normalized spacial score (nSPS) is 54.2. The van der Waals surface area contributed by atoms with E-state index < -0.39 is 40.2 Å². The molecule has 35 heavy (non-hydrogen) atoms. The molecular formula is C30H46O5. The van der Waals surface area contributed by atoms with Crippen molar-refractivity contribution in [2.75, 3.05) is 0 Å². The van der Waals surface area contributed by atoms with Crippen LogP contribution in [0, 0.1) is 62.6 Å². The van der Waals surface area contributed by atoms with Crippen molar-refractivity contribution in [1.82, 2.24) is 0 Å². The Labute approximate surface area is 210 Å². The predicted octanol–water partition coefficient (Wildman–Crippen LogP) is 6.01. The zero-order valence-corrected chi connectivity index (χ0v) is 22.6. The Morgan fingerprint density at radius 1 is 0.829 bits per heavy atom. The molecule has 5 aliphatic carbocycles. The SMILES string of the molecule is C=C(C)[C@@H]1CC[C@@]2(C(=O)O)CC[C@]3(C)[C@@H](CC[C@@H]4[C@]5(C)[C@@H](C(=O)O)[C@H](O)C(C)(C)[C@@H]5CC[C@]43C)[C@@H]12. The number of hydrogen-bond donors (Lipinski definition) is 3. The fourth-order valence-corrected chi connectivity index (χ4v) is 11.8. The Hall–Kier alpha value is -1.36. The van der Waals surface area contributed by atoms with Gasteiger partial charge in [-0.05, 0) is 110 Å². The average molecular weight is 487 g/mol. The van der Waals surface area contributed by atoms with Crippen LogP contribution in [0.1, 0.15) is 92.9 Å². The molecule has 5 nitrogen and oxygen atoms in total. The Morgan fingerprint density at radius 3 is 2.06 bits per heavy atom. The summed E-state index contributed by atoms with van der Waals surface area (Å²) in [7, 11) is 0. The largest absolute Gasteiger partial charge is 0.481 e. The average Bonchev–Trinajstić information content (AvgIpc) is 3.21. The smallest absolute Gasteiger partial charge is 0.309 e. The van der Waals surface area contributed by atoms with Crippen LogP contribution < -0.4 is 0 Å². The van der Waals surface area contributed by atoms with E-state index >= 15 is 0 Å². The highest BCUT2D eigenvalue weighted by Gasteiger charge is 2.75. The molecule has 0 heterocycles. The second-order valence-electron chi connectivity index (χ2n) is 14.6. The molecule has 0 aromatic rings. The number of aliphatic carboxylic acids is 2. The first-order valence-corrected chi connectivity index (χ1v) is 13.9. The molecule has 0 aliphatic heterocycles. The number of allylic oxidation sites excluding steroid dienone is 1. The number of carboxylic acids is 2. The van der Waals surface area contributed by atoms with Crippen molar-refractivity contribution >= 4 is 11.9 Å². The predicted molar refractivity (Wildman–Crippen MR) is 135 cm³/mol. The maximum atomic E-state index is 12.8. The molecule has 3 N–H and O–H groups in total. The van der Waals surface area contributed by atoms with Crippen molar-refractivity contribution in [1.29, 1.82) is 0 Å². The van der Waals surface area contributed by atoms with Gasteiger partial charge in [-0.3, -0.25) is 9.59 Å². The van der Waals surface area contributed by atoms with E-state index in [0.29, 0.717) is 12.3 Å². The van der Waals surface area contributed by atoms with Gasteiger partial charge in [-0.1, -0.05) is 46.8 Å². The molecule has 196 valence electrons. The standard InChI is InChI=1S/C30H46O5/c1-16(2)17-10-13-30(25(34)35)15-14-27(5)18(21(17)30)8-9-20-28(27,6)12-11-19-26(3,4)23(31)22(24(32)33)29(19,20)7/h17-23,31H,1,8-15H2,2-7H3,(H,32,33)(H,34,35)/t17-,18-,19-,20-,21+,22+,23-,27+,28+,29+,30+/m0/s1. The third-order valence-electron chi connectivity index (χ3n) is 13.6. The molecule has 0 saturated heterocycles. The van der Waals surface area contributed by atoms with Crippen LogP contribution in [-0.4, -0.2) is 33.4 Å². The van der Waals surface area contributed by atoms with Gasteiger partial charge in [0, 0.05) is 0 Å². The van der Waals surface area contributed by atoms with Crippen molar-refractivity contribution < 1.29 is 24.9 Å². The first kappa shape index (κ1) is 25.3. The van der Waals surface area contributed by atoms with Gasteiger partial charge in [-0.25, -0.2) is 0 Å². The Bertz CT molecular complexity index is 970. The van der Waals surface area contributed by atoms with E-state index in [1.165, 1.54) is 0 Å². The van der Waals surface area contributed by atoms with Gasteiger partial charge in [0.25, 0.3) is 0 Å². The van der Waals surface area contributed by atoms with E-state index in [-0.39, 0.29) is 34.5 Å². The number of hydrogen-bond acceptors (Lipinski definition) is 3. The van der Waals surface area contributed by atoms with Crippen LogP contribution >= 0.6 is 0 Å². The first-order chi connectivity index (χ1) is 16.1. The second kappa shape index (κ2) is 7.36. The third-order valence-corrected chi connectivity index (χ3v) is 13.6. The van der Waals surface area contributed by atoms with Crippen molar-refractivity contribution in [3.8, 4) is 0 Å². The molecular weight excluding hydrogens is 440 g/mol. The Balaban J connectivity index is 1.62.